The summed E-state index contributed by atoms with van der Waals surface area (Å²) in [6, 6.07) is 15.1. The predicted octanol–water partition coefficient (Wildman–Crippen LogP) is 3.04. The summed E-state index contributed by atoms with van der Waals surface area (Å²) < 4.78 is 5.86. The lowest BCUT2D eigenvalue weighted by atomic mass is 10.0. The van der Waals surface area contributed by atoms with E-state index in [0.717, 1.165) is 19.7 Å². The van der Waals surface area contributed by atoms with Gasteiger partial charge in [0.15, 0.2) is 0 Å². The van der Waals surface area contributed by atoms with Crippen LogP contribution in [-0.2, 0) is 11.3 Å². The fourth-order valence-corrected chi connectivity index (χ4v) is 2.75. The lowest BCUT2D eigenvalue weighted by molar-refractivity contribution is -0.0598. The molecule has 2 heterocycles. The maximum atomic E-state index is 5.86. The molecule has 0 saturated carbocycles. The van der Waals surface area contributed by atoms with Gasteiger partial charge in [-0.3, -0.25) is 9.88 Å². The van der Waals surface area contributed by atoms with Gasteiger partial charge >= 0.3 is 0 Å². The molecule has 0 radical (unpaired) electrons. The Balaban J connectivity index is 1.80. The van der Waals surface area contributed by atoms with Crippen LogP contribution in [0.25, 0.3) is 0 Å². The summed E-state index contributed by atoms with van der Waals surface area (Å²) >= 11 is 0. The van der Waals surface area contributed by atoms with E-state index in [1.54, 1.807) is 0 Å². The Labute approximate surface area is 120 Å². The maximum absolute atomic E-state index is 5.86. The fraction of sp³-hybridized carbons (Fsp3) is 0.353. The summed E-state index contributed by atoms with van der Waals surface area (Å²) in [6.45, 7) is 4.76. The molecule has 3 heteroatoms. The van der Waals surface area contributed by atoms with Gasteiger partial charge in [-0.1, -0.05) is 36.4 Å². The first kappa shape index (κ1) is 13.3. The van der Waals surface area contributed by atoms with Crippen molar-refractivity contribution < 1.29 is 4.74 Å². The number of nitrogens with zero attached hydrogens (tertiary/aromatic N) is 2. The molecule has 1 aromatic heterocycles. The zero-order chi connectivity index (χ0) is 13.8. The molecular formula is C17H20N2O. The number of hydrogen-bond acceptors (Lipinski definition) is 3. The molecular weight excluding hydrogens is 248 g/mol. The van der Waals surface area contributed by atoms with Gasteiger partial charge in [-0.15, -0.1) is 0 Å². The summed E-state index contributed by atoms with van der Waals surface area (Å²) in [5.74, 6) is 0. The van der Waals surface area contributed by atoms with E-state index in [4.69, 9.17) is 4.74 Å². The number of benzene rings is 1. The van der Waals surface area contributed by atoms with Crippen LogP contribution in [0.4, 0.5) is 0 Å². The largest absolute Gasteiger partial charge is 0.375 e. The van der Waals surface area contributed by atoms with Crippen molar-refractivity contribution >= 4 is 0 Å². The Bertz CT molecular complexity index is 529. The Morgan fingerprint density at radius 2 is 2.05 bits per heavy atom. The predicted molar refractivity (Wildman–Crippen MR) is 79.2 cm³/mol. The van der Waals surface area contributed by atoms with Crippen molar-refractivity contribution in [3.63, 3.8) is 0 Å². The molecule has 0 aliphatic carbocycles. The molecule has 0 bridgehead atoms. The third-order valence-corrected chi connectivity index (χ3v) is 3.76. The summed E-state index contributed by atoms with van der Waals surface area (Å²) in [5.41, 5.74) is 2.57. The van der Waals surface area contributed by atoms with Gasteiger partial charge in [0.1, 0.15) is 0 Å². The molecule has 1 aliphatic heterocycles. The first-order valence-corrected chi connectivity index (χ1v) is 7.12. The molecule has 2 atom stereocenters. The molecule has 1 saturated heterocycles. The summed E-state index contributed by atoms with van der Waals surface area (Å²) in [4.78, 5) is 6.70. The SMILES string of the molecule is CC1CN(Cc2cccnc2)C(c2ccccc2)CO1. The topological polar surface area (TPSA) is 25.4 Å². The smallest absolute Gasteiger partial charge is 0.0675 e. The number of ether oxygens (including phenoxy) is 1. The molecule has 0 amide bonds. The summed E-state index contributed by atoms with van der Waals surface area (Å²) in [7, 11) is 0. The quantitative estimate of drug-likeness (QED) is 0.855. The molecule has 1 fully saturated rings. The van der Waals surface area contributed by atoms with Gasteiger partial charge in [0.25, 0.3) is 0 Å². The molecule has 2 aromatic rings. The first-order valence-electron chi connectivity index (χ1n) is 7.12. The average molecular weight is 268 g/mol. The van der Waals surface area contributed by atoms with Crippen molar-refractivity contribution in [1.29, 1.82) is 0 Å². The third-order valence-electron chi connectivity index (χ3n) is 3.76. The Hall–Kier alpha value is -1.71. The van der Waals surface area contributed by atoms with Crippen molar-refractivity contribution in [3.8, 4) is 0 Å². The van der Waals surface area contributed by atoms with Gasteiger partial charge in [0, 0.05) is 25.5 Å². The Morgan fingerprint density at radius 1 is 1.20 bits per heavy atom. The van der Waals surface area contributed by atoms with Crippen LogP contribution < -0.4 is 0 Å². The molecule has 2 unspecified atom stereocenters. The second-order valence-electron chi connectivity index (χ2n) is 5.36. The molecule has 1 aliphatic rings. The molecule has 0 spiro atoms. The van der Waals surface area contributed by atoms with E-state index in [0.29, 0.717) is 6.04 Å². The van der Waals surface area contributed by atoms with E-state index in [2.05, 4.69) is 53.2 Å². The van der Waals surface area contributed by atoms with Crippen LogP contribution in [0, 0.1) is 0 Å². The first-order chi connectivity index (χ1) is 9.83. The van der Waals surface area contributed by atoms with Gasteiger partial charge < -0.3 is 4.74 Å². The Morgan fingerprint density at radius 3 is 2.80 bits per heavy atom. The van der Waals surface area contributed by atoms with E-state index in [9.17, 15) is 0 Å². The zero-order valence-corrected chi connectivity index (χ0v) is 11.8. The monoisotopic (exact) mass is 268 g/mol. The third kappa shape index (κ3) is 3.06. The number of aromatic nitrogens is 1. The number of pyridine rings is 1. The normalized spacial score (nSPS) is 23.6. The van der Waals surface area contributed by atoms with E-state index in [1.165, 1.54) is 11.1 Å². The Kier molecular flexibility index (Phi) is 4.09. The van der Waals surface area contributed by atoms with Crippen LogP contribution >= 0.6 is 0 Å². The van der Waals surface area contributed by atoms with Crippen molar-refractivity contribution in [3.05, 3.63) is 66.0 Å². The van der Waals surface area contributed by atoms with Gasteiger partial charge in [-0.2, -0.15) is 0 Å². The summed E-state index contributed by atoms with van der Waals surface area (Å²) in [5, 5.41) is 0. The van der Waals surface area contributed by atoms with Crippen LogP contribution in [0.3, 0.4) is 0 Å². The highest BCUT2D eigenvalue weighted by atomic mass is 16.5. The van der Waals surface area contributed by atoms with Crippen molar-refractivity contribution in [2.24, 2.45) is 0 Å². The number of rotatable bonds is 3. The molecule has 3 rings (SSSR count). The highest BCUT2D eigenvalue weighted by Crippen LogP contribution is 2.27. The van der Waals surface area contributed by atoms with Gasteiger partial charge in [0.2, 0.25) is 0 Å². The fourth-order valence-electron chi connectivity index (χ4n) is 2.75. The molecule has 20 heavy (non-hydrogen) atoms. The highest BCUT2D eigenvalue weighted by molar-refractivity contribution is 5.20. The molecule has 0 N–H and O–H groups in total. The molecule has 104 valence electrons. The van der Waals surface area contributed by atoms with Crippen LogP contribution in [0.1, 0.15) is 24.1 Å². The van der Waals surface area contributed by atoms with Gasteiger partial charge in [-0.05, 0) is 24.1 Å². The average Bonchev–Trinajstić information content (AvgIpc) is 2.49. The van der Waals surface area contributed by atoms with Crippen LogP contribution in [-0.4, -0.2) is 29.1 Å². The minimum absolute atomic E-state index is 0.284. The zero-order valence-electron chi connectivity index (χ0n) is 11.8. The van der Waals surface area contributed by atoms with Gasteiger partial charge in [-0.25, -0.2) is 0 Å². The number of hydrogen-bond donors (Lipinski definition) is 0. The summed E-state index contributed by atoms with van der Waals surface area (Å²) in [6.07, 6.45) is 4.05. The van der Waals surface area contributed by atoms with Crippen LogP contribution in [0.15, 0.2) is 54.9 Å². The minimum atomic E-state index is 0.284. The lowest BCUT2D eigenvalue weighted by Crippen LogP contribution is -2.43. The number of morpholine rings is 1. The highest BCUT2D eigenvalue weighted by Gasteiger charge is 2.27. The standard InChI is InChI=1S/C17H20N2O/c1-14-11-19(12-15-6-5-9-18-10-15)17(13-20-14)16-7-3-2-4-8-16/h2-10,14,17H,11-13H2,1H3. The van der Waals surface area contributed by atoms with Crippen molar-refractivity contribution in [1.82, 2.24) is 9.88 Å². The molecule has 1 aromatic carbocycles. The molecule has 3 nitrogen and oxygen atoms in total. The van der Waals surface area contributed by atoms with E-state index in [-0.39, 0.29) is 6.10 Å². The van der Waals surface area contributed by atoms with E-state index >= 15 is 0 Å². The van der Waals surface area contributed by atoms with E-state index < -0.39 is 0 Å². The van der Waals surface area contributed by atoms with Gasteiger partial charge in [0.05, 0.1) is 18.8 Å². The van der Waals surface area contributed by atoms with Crippen LogP contribution in [0.2, 0.25) is 0 Å². The second kappa shape index (κ2) is 6.16. The minimum Gasteiger partial charge on any atom is -0.375 e. The maximum Gasteiger partial charge on any atom is 0.0675 e. The second-order valence-corrected chi connectivity index (χ2v) is 5.36. The van der Waals surface area contributed by atoms with Crippen LogP contribution in [0.5, 0.6) is 0 Å². The van der Waals surface area contributed by atoms with Crippen molar-refractivity contribution in [2.75, 3.05) is 13.2 Å². The van der Waals surface area contributed by atoms with E-state index in [1.807, 2.05) is 18.5 Å². The van der Waals surface area contributed by atoms with Crippen molar-refractivity contribution in [2.45, 2.75) is 25.6 Å². The lowest BCUT2D eigenvalue weighted by Gasteiger charge is -2.39.